The Morgan fingerprint density at radius 3 is 2.32 bits per heavy atom. The zero-order valence-electron chi connectivity index (χ0n) is 15.0. The first-order valence-electron chi connectivity index (χ1n) is 9.00. The maximum Gasteiger partial charge on any atom is 0.0734 e. The van der Waals surface area contributed by atoms with Crippen LogP contribution in [0.5, 0.6) is 0 Å². The Hall–Kier alpha value is -0.480. The van der Waals surface area contributed by atoms with E-state index in [4.69, 9.17) is 10.2 Å². The van der Waals surface area contributed by atoms with E-state index < -0.39 is 0 Å². The van der Waals surface area contributed by atoms with Gasteiger partial charge in [-0.15, -0.1) is 0 Å². The molecule has 6 atom stereocenters. The molecule has 4 N–H and O–H groups in total. The molecule has 0 heterocycles. The minimum Gasteiger partial charge on any atom is -0.412 e. The Bertz CT molecular complexity index is 322. The van der Waals surface area contributed by atoms with Crippen molar-refractivity contribution < 1.29 is 11.0 Å². The molecule has 22 heavy (non-hydrogen) atoms. The molecule has 2 aliphatic carbocycles. The van der Waals surface area contributed by atoms with Gasteiger partial charge in [-0.05, 0) is 55.8 Å². The zero-order chi connectivity index (χ0) is 14.5. The van der Waals surface area contributed by atoms with E-state index in [9.17, 15) is 0 Å². The van der Waals surface area contributed by atoms with Gasteiger partial charge in [-0.3, -0.25) is 0 Å². The van der Waals surface area contributed by atoms with Crippen LogP contribution in [0.15, 0.2) is 10.2 Å². The molecule has 2 aliphatic rings. The van der Waals surface area contributed by atoms with Gasteiger partial charge in [0, 0.05) is 0 Å². The van der Waals surface area contributed by atoms with Crippen LogP contribution in [-0.2, 0) is 0 Å². The van der Waals surface area contributed by atoms with Crippen LogP contribution >= 0.6 is 0 Å². The molecule has 2 rings (SSSR count). The summed E-state index contributed by atoms with van der Waals surface area (Å²) in [7, 11) is 0. The first-order chi connectivity index (χ1) is 9.60. The molecule has 0 aromatic rings. The lowest BCUT2D eigenvalue weighted by molar-refractivity contribution is 0.224. The third kappa shape index (κ3) is 5.96. The average molecular weight is 315 g/mol. The van der Waals surface area contributed by atoms with Gasteiger partial charge in [0.25, 0.3) is 0 Å². The lowest BCUT2D eigenvalue weighted by Crippen LogP contribution is -2.26. The van der Waals surface area contributed by atoms with Gasteiger partial charge in [-0.2, -0.15) is 10.2 Å². The van der Waals surface area contributed by atoms with Crippen LogP contribution in [0.3, 0.4) is 0 Å². The molecule has 0 aromatic carbocycles. The third-order valence-corrected chi connectivity index (χ3v) is 5.90. The van der Waals surface area contributed by atoms with Gasteiger partial charge in [0.2, 0.25) is 0 Å². The summed E-state index contributed by atoms with van der Waals surface area (Å²) in [4.78, 5) is 0. The van der Waals surface area contributed by atoms with E-state index in [0.717, 1.165) is 23.7 Å². The van der Waals surface area contributed by atoms with Crippen molar-refractivity contribution in [3.8, 4) is 0 Å². The van der Waals surface area contributed by atoms with Crippen LogP contribution in [0.4, 0.5) is 0 Å². The molecule has 0 aliphatic heterocycles. The summed E-state index contributed by atoms with van der Waals surface area (Å²) in [5.74, 6) is 3.38. The second-order valence-corrected chi connectivity index (χ2v) is 7.66. The molecule has 6 unspecified atom stereocenters. The third-order valence-electron chi connectivity index (χ3n) is 5.90. The number of nitrogens with zero attached hydrogens (tertiary/aromatic N) is 2. The smallest absolute Gasteiger partial charge is 0.0734 e. The average Bonchev–Trinajstić information content (AvgIpc) is 2.46. The van der Waals surface area contributed by atoms with Crippen molar-refractivity contribution in [3.05, 3.63) is 0 Å². The summed E-state index contributed by atoms with van der Waals surface area (Å²) in [5.41, 5.74) is 0. The van der Waals surface area contributed by atoms with Crippen molar-refractivity contribution >= 4 is 0 Å². The molecule has 0 saturated heterocycles. The van der Waals surface area contributed by atoms with Crippen LogP contribution in [-0.4, -0.2) is 23.0 Å². The molecule has 0 aromatic heterocycles. The van der Waals surface area contributed by atoms with Gasteiger partial charge >= 0.3 is 0 Å². The number of rotatable bonds is 4. The summed E-state index contributed by atoms with van der Waals surface area (Å²) >= 11 is 0. The predicted octanol–water partition coefficient (Wildman–Crippen LogP) is 4.22. The largest absolute Gasteiger partial charge is 0.412 e. The first kappa shape index (κ1) is 21.5. The molecule has 0 amide bonds. The highest BCUT2D eigenvalue weighted by Crippen LogP contribution is 2.35. The van der Waals surface area contributed by atoms with Gasteiger partial charge < -0.3 is 11.0 Å². The predicted molar refractivity (Wildman–Crippen MR) is 93.3 cm³/mol. The summed E-state index contributed by atoms with van der Waals surface area (Å²) in [5, 5.41) is 9.54. The minimum atomic E-state index is 0. The monoisotopic (exact) mass is 314 g/mol. The Morgan fingerprint density at radius 1 is 0.955 bits per heavy atom. The number of azo groups is 1. The summed E-state index contributed by atoms with van der Waals surface area (Å²) < 4.78 is 0. The molecular formula is C18H38N2O2. The van der Waals surface area contributed by atoms with E-state index in [-0.39, 0.29) is 11.0 Å². The lowest BCUT2D eigenvalue weighted by Gasteiger charge is -2.32. The SMILES string of the molecule is CCC(C)C1CCCC(N=NC2CCC(C)CC2C)C1.O.O. The van der Waals surface area contributed by atoms with Gasteiger partial charge in [-0.25, -0.2) is 0 Å². The summed E-state index contributed by atoms with van der Waals surface area (Å²) in [6, 6.07) is 1.03. The second kappa shape index (κ2) is 10.3. The Morgan fingerprint density at radius 2 is 1.68 bits per heavy atom. The van der Waals surface area contributed by atoms with Gasteiger partial charge in [0.1, 0.15) is 0 Å². The van der Waals surface area contributed by atoms with Crippen LogP contribution in [0.1, 0.15) is 79.1 Å². The normalized spacial score (nSPS) is 37.2. The molecular weight excluding hydrogens is 276 g/mol. The fourth-order valence-electron chi connectivity index (χ4n) is 4.16. The van der Waals surface area contributed by atoms with E-state index in [2.05, 4.69) is 27.7 Å². The quantitative estimate of drug-likeness (QED) is 0.695. The molecule has 0 spiro atoms. The zero-order valence-corrected chi connectivity index (χ0v) is 15.0. The van der Waals surface area contributed by atoms with Gasteiger partial charge in [0.15, 0.2) is 0 Å². The topological polar surface area (TPSA) is 87.7 Å². The van der Waals surface area contributed by atoms with E-state index in [1.54, 1.807) is 0 Å². The molecule has 4 nitrogen and oxygen atoms in total. The maximum absolute atomic E-state index is 4.77. The Balaban J connectivity index is 0.00000220. The number of hydrogen-bond acceptors (Lipinski definition) is 2. The second-order valence-electron chi connectivity index (χ2n) is 7.66. The molecule has 2 saturated carbocycles. The van der Waals surface area contributed by atoms with Crippen molar-refractivity contribution in [2.24, 2.45) is 33.9 Å². The first-order valence-corrected chi connectivity index (χ1v) is 9.00. The highest BCUT2D eigenvalue weighted by Gasteiger charge is 2.27. The van der Waals surface area contributed by atoms with Crippen LogP contribution in [0, 0.1) is 23.7 Å². The summed E-state index contributed by atoms with van der Waals surface area (Å²) in [6.07, 6.45) is 10.6. The molecule has 4 heteroatoms. The molecule has 132 valence electrons. The van der Waals surface area contributed by atoms with Gasteiger partial charge in [-0.1, -0.05) is 47.0 Å². The van der Waals surface area contributed by atoms with E-state index >= 15 is 0 Å². The van der Waals surface area contributed by atoms with Crippen LogP contribution in [0.25, 0.3) is 0 Å². The standard InChI is InChI=1S/C18H34N2.2H2O/c1-5-14(3)16-7-6-8-17(12-16)19-20-18-10-9-13(2)11-15(18)4;;/h13-18H,5-12H2,1-4H3;2*1H2. The van der Waals surface area contributed by atoms with Crippen LogP contribution < -0.4 is 0 Å². The highest BCUT2D eigenvalue weighted by atomic mass is 16.0. The van der Waals surface area contributed by atoms with E-state index in [0.29, 0.717) is 12.1 Å². The maximum atomic E-state index is 4.77. The lowest BCUT2D eigenvalue weighted by atomic mass is 9.78. The van der Waals surface area contributed by atoms with E-state index in [1.807, 2.05) is 0 Å². The fourth-order valence-corrected chi connectivity index (χ4v) is 4.16. The van der Waals surface area contributed by atoms with Crippen molar-refractivity contribution in [1.82, 2.24) is 0 Å². The van der Waals surface area contributed by atoms with Crippen molar-refractivity contribution in [1.29, 1.82) is 0 Å². The molecule has 0 radical (unpaired) electrons. The van der Waals surface area contributed by atoms with Gasteiger partial charge in [0.05, 0.1) is 12.1 Å². The Kier molecular flexibility index (Phi) is 10.1. The minimum absolute atomic E-state index is 0. The van der Waals surface area contributed by atoms with E-state index in [1.165, 1.54) is 51.4 Å². The van der Waals surface area contributed by atoms with Crippen molar-refractivity contribution in [2.75, 3.05) is 0 Å². The van der Waals surface area contributed by atoms with Crippen molar-refractivity contribution in [2.45, 2.75) is 91.1 Å². The molecule has 2 fully saturated rings. The molecule has 0 bridgehead atoms. The highest BCUT2D eigenvalue weighted by molar-refractivity contribution is 4.83. The van der Waals surface area contributed by atoms with Crippen LogP contribution in [0.2, 0.25) is 0 Å². The Labute approximate surface area is 136 Å². The summed E-state index contributed by atoms with van der Waals surface area (Å²) in [6.45, 7) is 9.47. The number of hydrogen-bond donors (Lipinski definition) is 0. The fraction of sp³-hybridized carbons (Fsp3) is 1.00. The van der Waals surface area contributed by atoms with Crippen molar-refractivity contribution in [3.63, 3.8) is 0 Å².